The van der Waals surface area contributed by atoms with Crippen LogP contribution in [0, 0.1) is 10.1 Å². The lowest BCUT2D eigenvalue weighted by molar-refractivity contribution is -0.384. The Labute approximate surface area is 170 Å². The predicted octanol–water partition coefficient (Wildman–Crippen LogP) is 4.07. The third-order valence-corrected chi connectivity index (χ3v) is 5.64. The van der Waals surface area contributed by atoms with Gasteiger partial charge < -0.3 is 10.2 Å². The van der Waals surface area contributed by atoms with Gasteiger partial charge in [0.2, 0.25) is 11.0 Å². The second-order valence-corrected chi connectivity index (χ2v) is 7.95. The van der Waals surface area contributed by atoms with Crippen molar-refractivity contribution in [2.24, 2.45) is 0 Å². The minimum atomic E-state index is -0.581. The molecule has 1 aromatic carbocycles. The number of rotatable bonds is 4. The van der Waals surface area contributed by atoms with Gasteiger partial charge in [-0.1, -0.05) is 27.5 Å². The second kappa shape index (κ2) is 7.95. The van der Waals surface area contributed by atoms with Gasteiger partial charge in [0.1, 0.15) is 6.33 Å². The molecule has 3 rings (SSSR count). The molecule has 0 spiro atoms. The molecular formula is C17H20BrClN6O2. The number of benzene rings is 1. The lowest BCUT2D eigenvalue weighted by atomic mass is 10.1. The number of nitrogens with one attached hydrogen (secondary N) is 1. The van der Waals surface area contributed by atoms with Crippen LogP contribution >= 0.6 is 27.5 Å². The third-order valence-electron chi connectivity index (χ3n) is 4.87. The highest BCUT2D eigenvalue weighted by molar-refractivity contribution is 9.10. The van der Waals surface area contributed by atoms with E-state index in [0.717, 1.165) is 23.2 Å². The molecule has 8 nitrogen and oxygen atoms in total. The first-order valence-electron chi connectivity index (χ1n) is 8.46. The SMILES string of the molecule is C[C@@H]1CN(c2ccc(Br)cc2Nc2ncnc(Cl)c2[N+](=O)[O-])C[C@H](C)N1C. The molecule has 2 heterocycles. The average molecular weight is 456 g/mol. The number of hydrogen-bond acceptors (Lipinski definition) is 7. The smallest absolute Gasteiger partial charge is 0.348 e. The first-order valence-corrected chi connectivity index (χ1v) is 9.63. The molecule has 1 N–H and O–H groups in total. The molecule has 144 valence electrons. The molecule has 0 radical (unpaired) electrons. The van der Waals surface area contributed by atoms with Gasteiger partial charge in [0.25, 0.3) is 0 Å². The maximum atomic E-state index is 11.4. The molecule has 0 aliphatic carbocycles. The molecule has 1 saturated heterocycles. The van der Waals surface area contributed by atoms with Crippen LogP contribution in [0.5, 0.6) is 0 Å². The first kappa shape index (κ1) is 19.8. The minimum absolute atomic E-state index is 0.0644. The number of anilines is 3. The summed E-state index contributed by atoms with van der Waals surface area (Å²) >= 11 is 9.38. The van der Waals surface area contributed by atoms with Gasteiger partial charge in [-0.25, -0.2) is 9.97 Å². The maximum absolute atomic E-state index is 11.4. The second-order valence-electron chi connectivity index (χ2n) is 6.67. The van der Waals surface area contributed by atoms with Gasteiger partial charge in [0.15, 0.2) is 0 Å². The molecule has 0 bridgehead atoms. The van der Waals surface area contributed by atoms with Crippen LogP contribution in [-0.2, 0) is 0 Å². The van der Waals surface area contributed by atoms with Crippen molar-refractivity contribution >= 4 is 50.4 Å². The highest BCUT2D eigenvalue weighted by Gasteiger charge is 2.29. The summed E-state index contributed by atoms with van der Waals surface area (Å²) < 4.78 is 0.854. The molecule has 1 fully saturated rings. The van der Waals surface area contributed by atoms with Crippen molar-refractivity contribution in [2.45, 2.75) is 25.9 Å². The Morgan fingerprint density at radius 3 is 2.59 bits per heavy atom. The Morgan fingerprint density at radius 2 is 1.96 bits per heavy atom. The molecule has 2 aromatic rings. The molecule has 2 atom stereocenters. The van der Waals surface area contributed by atoms with Crippen molar-refractivity contribution in [3.05, 3.63) is 44.3 Å². The van der Waals surface area contributed by atoms with Crippen LogP contribution in [0.25, 0.3) is 0 Å². The van der Waals surface area contributed by atoms with Crippen LogP contribution in [0.4, 0.5) is 22.9 Å². The fourth-order valence-corrected chi connectivity index (χ4v) is 3.79. The fraction of sp³-hybridized carbons (Fsp3) is 0.412. The van der Waals surface area contributed by atoms with Gasteiger partial charge in [-0.3, -0.25) is 15.0 Å². The number of hydrogen-bond donors (Lipinski definition) is 1. The van der Waals surface area contributed by atoms with E-state index >= 15 is 0 Å². The molecule has 0 unspecified atom stereocenters. The standard InChI is InChI=1S/C17H20BrClN6O2/c1-10-7-24(8-11(2)23(10)3)14-5-4-12(18)6-13(14)22-17-15(25(26)27)16(19)20-9-21-17/h4-6,9-11H,7-8H2,1-3H3,(H,20,21,22)/t10-,11+. The summed E-state index contributed by atoms with van der Waals surface area (Å²) in [6.07, 6.45) is 1.20. The number of nitrogens with zero attached hydrogens (tertiary/aromatic N) is 5. The number of piperazine rings is 1. The zero-order chi connectivity index (χ0) is 19.7. The van der Waals surface area contributed by atoms with Crippen molar-refractivity contribution in [3.63, 3.8) is 0 Å². The lowest BCUT2D eigenvalue weighted by Crippen LogP contribution is -2.55. The van der Waals surface area contributed by atoms with E-state index in [4.69, 9.17) is 11.6 Å². The monoisotopic (exact) mass is 454 g/mol. The Hall–Kier alpha value is -1.97. The van der Waals surface area contributed by atoms with E-state index in [9.17, 15) is 10.1 Å². The summed E-state index contributed by atoms with van der Waals surface area (Å²) in [5.41, 5.74) is 1.32. The molecule has 10 heteroatoms. The number of likely N-dealkylation sites (N-methyl/N-ethyl adjacent to an activating group) is 1. The summed E-state index contributed by atoms with van der Waals surface area (Å²) in [4.78, 5) is 23.2. The molecule has 1 aliphatic rings. The van der Waals surface area contributed by atoms with Gasteiger partial charge >= 0.3 is 5.69 Å². The highest BCUT2D eigenvalue weighted by Crippen LogP contribution is 2.37. The summed E-state index contributed by atoms with van der Waals surface area (Å²) in [5.74, 6) is 0.0644. The van der Waals surface area contributed by atoms with E-state index in [2.05, 4.69) is 61.9 Å². The summed E-state index contributed by atoms with van der Waals surface area (Å²) in [7, 11) is 2.12. The zero-order valence-corrected chi connectivity index (χ0v) is 17.5. The number of aromatic nitrogens is 2. The maximum Gasteiger partial charge on any atom is 0.348 e. The van der Waals surface area contributed by atoms with Crippen LogP contribution in [-0.4, -0.2) is 52.0 Å². The Kier molecular flexibility index (Phi) is 5.83. The van der Waals surface area contributed by atoms with Crippen LogP contribution in [0.15, 0.2) is 29.0 Å². The number of nitro groups is 1. The molecule has 27 heavy (non-hydrogen) atoms. The molecular weight excluding hydrogens is 436 g/mol. The van der Waals surface area contributed by atoms with Crippen molar-refractivity contribution in [1.82, 2.24) is 14.9 Å². The van der Waals surface area contributed by atoms with Gasteiger partial charge in [-0.15, -0.1) is 0 Å². The summed E-state index contributed by atoms with van der Waals surface area (Å²) in [6.45, 7) is 6.07. The Balaban J connectivity index is 1.99. The average Bonchev–Trinajstić information content (AvgIpc) is 2.59. The number of halogens is 2. The lowest BCUT2D eigenvalue weighted by Gasteiger charge is -2.44. The molecule has 0 saturated carbocycles. The van der Waals surface area contributed by atoms with Crippen molar-refractivity contribution in [3.8, 4) is 0 Å². The van der Waals surface area contributed by atoms with Gasteiger partial charge in [0.05, 0.1) is 16.3 Å². The summed E-state index contributed by atoms with van der Waals surface area (Å²) in [5, 5.41) is 14.3. The summed E-state index contributed by atoms with van der Waals surface area (Å²) in [6, 6.07) is 6.59. The zero-order valence-electron chi connectivity index (χ0n) is 15.2. The van der Waals surface area contributed by atoms with E-state index in [1.54, 1.807) is 0 Å². The van der Waals surface area contributed by atoms with Gasteiger partial charge in [-0.2, -0.15) is 0 Å². The van der Waals surface area contributed by atoms with Gasteiger partial charge in [0, 0.05) is 29.6 Å². The quantitative estimate of drug-likeness (QED) is 0.422. The van der Waals surface area contributed by atoms with E-state index < -0.39 is 4.92 Å². The molecule has 1 aliphatic heterocycles. The van der Waals surface area contributed by atoms with E-state index in [1.165, 1.54) is 6.33 Å². The van der Waals surface area contributed by atoms with Crippen LogP contribution in [0.2, 0.25) is 5.15 Å². The Bertz CT molecular complexity index is 855. The molecule has 0 amide bonds. The largest absolute Gasteiger partial charge is 0.367 e. The van der Waals surface area contributed by atoms with E-state index in [0.29, 0.717) is 17.8 Å². The van der Waals surface area contributed by atoms with Crippen molar-refractivity contribution in [1.29, 1.82) is 0 Å². The van der Waals surface area contributed by atoms with E-state index in [-0.39, 0.29) is 16.7 Å². The van der Waals surface area contributed by atoms with Crippen LogP contribution in [0.3, 0.4) is 0 Å². The molecule has 1 aromatic heterocycles. The topological polar surface area (TPSA) is 87.4 Å². The van der Waals surface area contributed by atoms with E-state index in [1.807, 2.05) is 18.2 Å². The predicted molar refractivity (Wildman–Crippen MR) is 110 cm³/mol. The highest BCUT2D eigenvalue weighted by atomic mass is 79.9. The Morgan fingerprint density at radius 1 is 1.30 bits per heavy atom. The van der Waals surface area contributed by atoms with Crippen molar-refractivity contribution in [2.75, 3.05) is 30.4 Å². The third kappa shape index (κ3) is 4.15. The van der Waals surface area contributed by atoms with Gasteiger partial charge in [-0.05, 0) is 39.1 Å². The van der Waals surface area contributed by atoms with Crippen molar-refractivity contribution < 1.29 is 4.92 Å². The minimum Gasteiger partial charge on any atom is -0.367 e. The van der Waals surface area contributed by atoms with Crippen LogP contribution in [0.1, 0.15) is 13.8 Å². The fourth-order valence-electron chi connectivity index (χ4n) is 3.22. The normalized spacial score (nSPS) is 20.6. The first-order chi connectivity index (χ1) is 12.8. The van der Waals surface area contributed by atoms with Crippen LogP contribution < -0.4 is 10.2 Å².